The van der Waals surface area contributed by atoms with Crippen LogP contribution in [0.25, 0.3) is 0 Å². The molecular formula is C18H28N2O2. The molecule has 22 heavy (non-hydrogen) atoms. The van der Waals surface area contributed by atoms with Crippen LogP contribution in [0.5, 0.6) is 0 Å². The first-order chi connectivity index (χ1) is 10.6. The van der Waals surface area contributed by atoms with E-state index in [0.29, 0.717) is 18.6 Å². The van der Waals surface area contributed by atoms with Gasteiger partial charge in [0.1, 0.15) is 0 Å². The molecule has 2 aliphatic carbocycles. The summed E-state index contributed by atoms with van der Waals surface area (Å²) in [5.41, 5.74) is 3.15. The predicted octanol–water partition coefficient (Wildman–Crippen LogP) is 3.21. The van der Waals surface area contributed by atoms with Crippen molar-refractivity contribution in [1.82, 2.24) is 9.47 Å². The number of aromatic nitrogens is 1. The van der Waals surface area contributed by atoms with Gasteiger partial charge in [0.15, 0.2) is 0 Å². The van der Waals surface area contributed by atoms with Crippen molar-refractivity contribution in [3.8, 4) is 0 Å². The molecule has 0 spiro atoms. The van der Waals surface area contributed by atoms with Gasteiger partial charge in [-0.05, 0) is 45.6 Å². The van der Waals surface area contributed by atoms with Crippen LogP contribution in [0.3, 0.4) is 0 Å². The van der Waals surface area contributed by atoms with Gasteiger partial charge in [-0.3, -0.25) is 4.79 Å². The lowest BCUT2D eigenvalue weighted by atomic mass is 9.95. The second-order valence-electron chi connectivity index (χ2n) is 6.90. The fourth-order valence-electron chi connectivity index (χ4n) is 3.99. The van der Waals surface area contributed by atoms with Crippen molar-refractivity contribution in [2.24, 2.45) is 0 Å². The van der Waals surface area contributed by atoms with E-state index in [4.69, 9.17) is 0 Å². The molecule has 1 aromatic heterocycles. The van der Waals surface area contributed by atoms with Gasteiger partial charge in [-0.2, -0.15) is 0 Å². The van der Waals surface area contributed by atoms with Gasteiger partial charge < -0.3 is 14.6 Å². The highest BCUT2D eigenvalue weighted by molar-refractivity contribution is 5.96. The molecule has 0 saturated heterocycles. The first-order valence-electron chi connectivity index (χ1n) is 8.73. The van der Waals surface area contributed by atoms with E-state index in [-0.39, 0.29) is 12.5 Å². The Balaban J connectivity index is 1.86. The van der Waals surface area contributed by atoms with Gasteiger partial charge in [0.25, 0.3) is 5.91 Å². The van der Waals surface area contributed by atoms with Crippen LogP contribution in [0.15, 0.2) is 6.07 Å². The fraction of sp³-hybridized carbons (Fsp3) is 0.722. The zero-order valence-electron chi connectivity index (χ0n) is 13.8. The number of rotatable bonds is 5. The molecule has 0 bridgehead atoms. The minimum absolute atomic E-state index is 0.0452. The van der Waals surface area contributed by atoms with E-state index in [2.05, 4.69) is 24.5 Å². The van der Waals surface area contributed by atoms with Crippen LogP contribution >= 0.6 is 0 Å². The van der Waals surface area contributed by atoms with E-state index < -0.39 is 0 Å². The standard InChI is InChI=1S/C18H28N2O2/c1-13-12-17(18(22)19(10-11-21)15-8-9-15)14(2)20(13)16-6-4-3-5-7-16/h12,15-16,21H,3-11H2,1-2H3. The first-order valence-corrected chi connectivity index (χ1v) is 8.73. The Kier molecular flexibility index (Phi) is 4.57. The summed E-state index contributed by atoms with van der Waals surface area (Å²) in [6, 6.07) is 2.96. The largest absolute Gasteiger partial charge is 0.395 e. The summed E-state index contributed by atoms with van der Waals surface area (Å²) in [5, 5.41) is 9.24. The second kappa shape index (κ2) is 6.45. The van der Waals surface area contributed by atoms with E-state index in [1.165, 1.54) is 37.8 Å². The number of hydrogen-bond acceptors (Lipinski definition) is 2. The monoisotopic (exact) mass is 304 g/mol. The molecule has 2 fully saturated rings. The maximum absolute atomic E-state index is 12.9. The van der Waals surface area contributed by atoms with Crippen molar-refractivity contribution in [3.63, 3.8) is 0 Å². The van der Waals surface area contributed by atoms with Crippen LogP contribution in [-0.4, -0.2) is 39.7 Å². The lowest BCUT2D eigenvalue weighted by Gasteiger charge is -2.27. The molecule has 4 nitrogen and oxygen atoms in total. The van der Waals surface area contributed by atoms with Crippen molar-refractivity contribution in [2.45, 2.75) is 70.9 Å². The number of nitrogens with zero attached hydrogens (tertiary/aromatic N) is 2. The zero-order chi connectivity index (χ0) is 15.7. The number of aliphatic hydroxyl groups excluding tert-OH is 1. The molecule has 1 heterocycles. The Morgan fingerprint density at radius 2 is 1.91 bits per heavy atom. The fourth-order valence-corrected chi connectivity index (χ4v) is 3.99. The lowest BCUT2D eigenvalue weighted by molar-refractivity contribution is 0.0706. The van der Waals surface area contributed by atoms with E-state index in [1.807, 2.05) is 4.90 Å². The Bertz CT molecular complexity index is 540. The Labute approximate surface area is 133 Å². The third-order valence-corrected chi connectivity index (χ3v) is 5.24. The third kappa shape index (κ3) is 2.94. The van der Waals surface area contributed by atoms with Crippen LogP contribution in [0.2, 0.25) is 0 Å². The number of aryl methyl sites for hydroxylation is 1. The molecule has 1 N–H and O–H groups in total. The highest BCUT2D eigenvalue weighted by Gasteiger charge is 2.34. The van der Waals surface area contributed by atoms with E-state index in [0.717, 1.165) is 24.1 Å². The third-order valence-electron chi connectivity index (χ3n) is 5.24. The molecule has 0 unspecified atom stereocenters. The van der Waals surface area contributed by atoms with Gasteiger partial charge in [0, 0.05) is 30.0 Å². The number of hydrogen-bond donors (Lipinski definition) is 1. The first kappa shape index (κ1) is 15.6. The molecule has 3 rings (SSSR count). The highest BCUT2D eigenvalue weighted by atomic mass is 16.3. The van der Waals surface area contributed by atoms with Crippen molar-refractivity contribution < 1.29 is 9.90 Å². The summed E-state index contributed by atoms with van der Waals surface area (Å²) in [5.74, 6) is 0.103. The number of carbonyl (C=O) groups excluding carboxylic acids is 1. The van der Waals surface area contributed by atoms with Gasteiger partial charge in [0.2, 0.25) is 0 Å². The average molecular weight is 304 g/mol. The molecule has 0 aliphatic heterocycles. The SMILES string of the molecule is Cc1cc(C(=O)N(CCO)C2CC2)c(C)n1C1CCCCC1. The number of carbonyl (C=O) groups is 1. The molecule has 1 aromatic rings. The molecule has 0 atom stereocenters. The maximum Gasteiger partial charge on any atom is 0.256 e. The quantitative estimate of drug-likeness (QED) is 0.908. The molecule has 2 saturated carbocycles. The van der Waals surface area contributed by atoms with Crippen LogP contribution in [0, 0.1) is 13.8 Å². The van der Waals surface area contributed by atoms with Crippen LogP contribution < -0.4 is 0 Å². The number of aliphatic hydroxyl groups is 1. The molecule has 122 valence electrons. The van der Waals surface area contributed by atoms with Crippen molar-refractivity contribution in [3.05, 3.63) is 23.0 Å². The molecule has 4 heteroatoms. The van der Waals surface area contributed by atoms with E-state index in [9.17, 15) is 9.90 Å². The normalized spacial score (nSPS) is 19.4. The zero-order valence-corrected chi connectivity index (χ0v) is 13.8. The van der Waals surface area contributed by atoms with Crippen molar-refractivity contribution in [1.29, 1.82) is 0 Å². The minimum atomic E-state index is 0.0452. The summed E-state index contributed by atoms with van der Waals surface area (Å²) < 4.78 is 2.39. The van der Waals surface area contributed by atoms with Crippen LogP contribution in [0.1, 0.15) is 72.7 Å². The molecule has 0 aromatic carbocycles. The molecule has 0 radical (unpaired) electrons. The highest BCUT2D eigenvalue weighted by Crippen LogP contribution is 2.34. The summed E-state index contributed by atoms with van der Waals surface area (Å²) >= 11 is 0. The minimum Gasteiger partial charge on any atom is -0.395 e. The molecule has 1 amide bonds. The van der Waals surface area contributed by atoms with Crippen molar-refractivity contribution in [2.75, 3.05) is 13.2 Å². The van der Waals surface area contributed by atoms with Gasteiger partial charge >= 0.3 is 0 Å². The Hall–Kier alpha value is -1.29. The van der Waals surface area contributed by atoms with E-state index >= 15 is 0 Å². The van der Waals surface area contributed by atoms with E-state index in [1.54, 1.807) is 0 Å². The topological polar surface area (TPSA) is 45.5 Å². The molecular weight excluding hydrogens is 276 g/mol. The number of amides is 1. The maximum atomic E-state index is 12.9. The summed E-state index contributed by atoms with van der Waals surface area (Å²) in [7, 11) is 0. The summed E-state index contributed by atoms with van der Waals surface area (Å²) in [6.45, 7) is 4.70. The van der Waals surface area contributed by atoms with Crippen LogP contribution in [0.4, 0.5) is 0 Å². The van der Waals surface area contributed by atoms with Gasteiger partial charge in [0.05, 0.1) is 12.2 Å². The Morgan fingerprint density at radius 3 is 2.50 bits per heavy atom. The smallest absolute Gasteiger partial charge is 0.256 e. The molecule has 2 aliphatic rings. The Morgan fingerprint density at radius 1 is 1.23 bits per heavy atom. The summed E-state index contributed by atoms with van der Waals surface area (Å²) in [4.78, 5) is 14.8. The lowest BCUT2D eigenvalue weighted by Crippen LogP contribution is -2.35. The second-order valence-corrected chi connectivity index (χ2v) is 6.90. The average Bonchev–Trinajstić information content (AvgIpc) is 3.31. The van der Waals surface area contributed by atoms with Gasteiger partial charge in [-0.15, -0.1) is 0 Å². The van der Waals surface area contributed by atoms with Gasteiger partial charge in [-0.25, -0.2) is 0 Å². The van der Waals surface area contributed by atoms with Gasteiger partial charge in [-0.1, -0.05) is 19.3 Å². The predicted molar refractivity (Wildman–Crippen MR) is 87.2 cm³/mol. The van der Waals surface area contributed by atoms with Crippen molar-refractivity contribution >= 4 is 5.91 Å². The van der Waals surface area contributed by atoms with Crippen LogP contribution in [-0.2, 0) is 0 Å². The summed E-state index contributed by atoms with van der Waals surface area (Å²) in [6.07, 6.45) is 8.54.